The first-order valence-corrected chi connectivity index (χ1v) is 5.01. The van der Waals surface area contributed by atoms with E-state index in [1.807, 2.05) is 39.0 Å². The van der Waals surface area contributed by atoms with Crippen LogP contribution in [0.15, 0.2) is 18.2 Å². The molecule has 1 atom stereocenters. The van der Waals surface area contributed by atoms with Crippen molar-refractivity contribution < 1.29 is 4.39 Å². The molecule has 0 amide bonds. The van der Waals surface area contributed by atoms with Crippen LogP contribution < -0.4 is 5.73 Å². The summed E-state index contributed by atoms with van der Waals surface area (Å²) in [6.07, 6.45) is 0.424. The van der Waals surface area contributed by atoms with Crippen LogP contribution in [0, 0.1) is 13.8 Å². The molecule has 1 aromatic rings. The number of hydrogen-bond donors (Lipinski definition) is 1. The highest BCUT2D eigenvalue weighted by Crippen LogP contribution is 2.31. The molecular weight excluding hydrogens is 177 g/mol. The van der Waals surface area contributed by atoms with Crippen molar-refractivity contribution in [3.05, 3.63) is 34.9 Å². The fourth-order valence-corrected chi connectivity index (χ4v) is 1.68. The van der Waals surface area contributed by atoms with Gasteiger partial charge in [0.2, 0.25) is 0 Å². The number of aryl methyl sites for hydroxylation is 1. The van der Waals surface area contributed by atoms with Gasteiger partial charge in [0.1, 0.15) is 5.67 Å². The fourth-order valence-electron chi connectivity index (χ4n) is 1.68. The minimum absolute atomic E-state index is 0.0494. The van der Waals surface area contributed by atoms with E-state index in [0.29, 0.717) is 6.42 Å². The van der Waals surface area contributed by atoms with E-state index in [0.717, 1.165) is 16.7 Å². The van der Waals surface area contributed by atoms with Crippen molar-refractivity contribution in [2.75, 3.05) is 6.54 Å². The van der Waals surface area contributed by atoms with Crippen LogP contribution in [0.5, 0.6) is 0 Å². The Morgan fingerprint density at radius 3 is 2.50 bits per heavy atom. The number of rotatable bonds is 3. The summed E-state index contributed by atoms with van der Waals surface area (Å²) in [5.74, 6) is 0. The second-order valence-electron chi connectivity index (χ2n) is 3.77. The van der Waals surface area contributed by atoms with Gasteiger partial charge in [0.05, 0.1) is 0 Å². The average molecular weight is 195 g/mol. The molecule has 0 spiro atoms. The van der Waals surface area contributed by atoms with E-state index in [1.54, 1.807) is 0 Å². The van der Waals surface area contributed by atoms with Crippen LogP contribution >= 0.6 is 0 Å². The summed E-state index contributed by atoms with van der Waals surface area (Å²) in [6.45, 7) is 5.82. The minimum atomic E-state index is -1.36. The van der Waals surface area contributed by atoms with Crippen molar-refractivity contribution >= 4 is 0 Å². The van der Waals surface area contributed by atoms with Crippen molar-refractivity contribution in [2.45, 2.75) is 32.9 Å². The summed E-state index contributed by atoms with van der Waals surface area (Å²) in [5, 5.41) is 0. The SMILES string of the molecule is CCC(F)(CN)c1cccc(C)c1C. The molecule has 0 heterocycles. The average Bonchev–Trinajstić information content (AvgIpc) is 2.21. The summed E-state index contributed by atoms with van der Waals surface area (Å²) in [5.41, 5.74) is 7.00. The van der Waals surface area contributed by atoms with Crippen molar-refractivity contribution in [2.24, 2.45) is 5.73 Å². The standard InChI is InChI=1S/C12H18FN/c1-4-12(13,8-14)11-7-5-6-9(2)10(11)3/h5-7H,4,8,14H2,1-3H3. The number of benzene rings is 1. The Balaban J connectivity index is 3.24. The molecule has 0 aliphatic rings. The van der Waals surface area contributed by atoms with Crippen LogP contribution in [0.2, 0.25) is 0 Å². The Hall–Kier alpha value is -0.890. The molecule has 1 nitrogen and oxygen atoms in total. The van der Waals surface area contributed by atoms with E-state index in [-0.39, 0.29) is 6.54 Å². The van der Waals surface area contributed by atoms with Gasteiger partial charge in [-0.25, -0.2) is 4.39 Å². The second kappa shape index (κ2) is 4.09. The van der Waals surface area contributed by atoms with E-state index in [4.69, 9.17) is 5.73 Å². The van der Waals surface area contributed by atoms with Gasteiger partial charge in [-0.3, -0.25) is 0 Å². The minimum Gasteiger partial charge on any atom is -0.327 e. The zero-order valence-electron chi connectivity index (χ0n) is 9.10. The summed E-state index contributed by atoms with van der Waals surface area (Å²) in [6, 6.07) is 5.71. The molecule has 78 valence electrons. The lowest BCUT2D eigenvalue weighted by atomic mass is 9.88. The number of halogens is 1. The normalized spacial score (nSPS) is 15.2. The maximum Gasteiger partial charge on any atom is 0.148 e. The number of hydrogen-bond acceptors (Lipinski definition) is 1. The number of nitrogens with two attached hydrogens (primary N) is 1. The summed E-state index contributed by atoms with van der Waals surface area (Å²) in [7, 11) is 0. The topological polar surface area (TPSA) is 26.0 Å². The second-order valence-corrected chi connectivity index (χ2v) is 3.77. The smallest absolute Gasteiger partial charge is 0.148 e. The van der Waals surface area contributed by atoms with Crippen molar-refractivity contribution in [1.29, 1.82) is 0 Å². The lowest BCUT2D eigenvalue weighted by molar-refractivity contribution is 0.168. The van der Waals surface area contributed by atoms with Crippen LogP contribution in [-0.4, -0.2) is 6.54 Å². The lowest BCUT2D eigenvalue weighted by Crippen LogP contribution is -2.30. The first kappa shape index (κ1) is 11.2. The van der Waals surface area contributed by atoms with Crippen molar-refractivity contribution in [1.82, 2.24) is 0 Å². The first-order valence-electron chi connectivity index (χ1n) is 5.01. The van der Waals surface area contributed by atoms with Gasteiger partial charge < -0.3 is 5.73 Å². The van der Waals surface area contributed by atoms with Gasteiger partial charge in [0.25, 0.3) is 0 Å². The Morgan fingerprint density at radius 2 is 2.00 bits per heavy atom. The van der Waals surface area contributed by atoms with Crippen LogP contribution in [0.1, 0.15) is 30.0 Å². The predicted molar refractivity (Wildman–Crippen MR) is 58.0 cm³/mol. The van der Waals surface area contributed by atoms with Crippen LogP contribution in [0.25, 0.3) is 0 Å². The lowest BCUT2D eigenvalue weighted by Gasteiger charge is -2.25. The van der Waals surface area contributed by atoms with Gasteiger partial charge in [-0.15, -0.1) is 0 Å². The Morgan fingerprint density at radius 1 is 1.36 bits per heavy atom. The molecule has 2 heteroatoms. The molecule has 0 saturated carbocycles. The van der Waals surface area contributed by atoms with Crippen LogP contribution in [0.4, 0.5) is 4.39 Å². The highest BCUT2D eigenvalue weighted by atomic mass is 19.1. The monoisotopic (exact) mass is 195 g/mol. The van der Waals surface area contributed by atoms with Gasteiger partial charge in [-0.05, 0) is 37.0 Å². The number of alkyl halides is 1. The van der Waals surface area contributed by atoms with E-state index in [9.17, 15) is 4.39 Å². The molecule has 2 N–H and O–H groups in total. The first-order chi connectivity index (χ1) is 6.55. The molecule has 0 fully saturated rings. The third-order valence-corrected chi connectivity index (χ3v) is 2.97. The largest absolute Gasteiger partial charge is 0.327 e. The van der Waals surface area contributed by atoms with E-state index in [2.05, 4.69) is 0 Å². The highest BCUT2D eigenvalue weighted by molar-refractivity contribution is 5.37. The molecule has 0 saturated heterocycles. The van der Waals surface area contributed by atoms with Gasteiger partial charge in [0.15, 0.2) is 0 Å². The quantitative estimate of drug-likeness (QED) is 0.788. The molecule has 1 rings (SSSR count). The van der Waals surface area contributed by atoms with Gasteiger partial charge in [-0.2, -0.15) is 0 Å². The molecule has 0 aliphatic heterocycles. The molecule has 0 bridgehead atoms. The fraction of sp³-hybridized carbons (Fsp3) is 0.500. The van der Waals surface area contributed by atoms with Gasteiger partial charge >= 0.3 is 0 Å². The van der Waals surface area contributed by atoms with E-state index >= 15 is 0 Å². The highest BCUT2D eigenvalue weighted by Gasteiger charge is 2.29. The van der Waals surface area contributed by atoms with Gasteiger partial charge in [0, 0.05) is 6.54 Å². The van der Waals surface area contributed by atoms with Crippen molar-refractivity contribution in [3.8, 4) is 0 Å². The molecule has 0 aliphatic carbocycles. The molecule has 14 heavy (non-hydrogen) atoms. The molecule has 1 unspecified atom stereocenters. The Labute approximate surface area is 85.1 Å². The summed E-state index contributed by atoms with van der Waals surface area (Å²) >= 11 is 0. The molecule has 0 radical (unpaired) electrons. The Kier molecular flexibility index (Phi) is 3.27. The Bertz CT molecular complexity index is 316. The molecule has 1 aromatic carbocycles. The van der Waals surface area contributed by atoms with Crippen LogP contribution in [-0.2, 0) is 5.67 Å². The van der Waals surface area contributed by atoms with E-state index in [1.165, 1.54) is 0 Å². The van der Waals surface area contributed by atoms with Crippen molar-refractivity contribution in [3.63, 3.8) is 0 Å². The molecular formula is C12H18FN. The maximum absolute atomic E-state index is 14.3. The third-order valence-electron chi connectivity index (χ3n) is 2.97. The van der Waals surface area contributed by atoms with Crippen LogP contribution in [0.3, 0.4) is 0 Å². The van der Waals surface area contributed by atoms with Gasteiger partial charge in [-0.1, -0.05) is 25.1 Å². The van der Waals surface area contributed by atoms with E-state index < -0.39 is 5.67 Å². The zero-order chi connectivity index (χ0) is 10.8. The predicted octanol–water partition coefficient (Wildman–Crippen LogP) is 2.84. The maximum atomic E-state index is 14.3. The zero-order valence-corrected chi connectivity index (χ0v) is 9.10. The molecule has 0 aromatic heterocycles. The summed E-state index contributed by atoms with van der Waals surface area (Å²) in [4.78, 5) is 0. The third kappa shape index (κ3) is 1.80. The summed E-state index contributed by atoms with van der Waals surface area (Å²) < 4.78 is 14.3.